The molecule has 1 N–H and O–H groups in total. The number of carboxylic acids is 1. The predicted octanol–water partition coefficient (Wildman–Crippen LogP) is 1.94. The molecular weight excluding hydrogens is 290 g/mol. The molecule has 1 atom stereocenters. The summed E-state index contributed by atoms with van der Waals surface area (Å²) in [6.45, 7) is 3.01. The monoisotopic (exact) mass is 311 g/mol. The van der Waals surface area contributed by atoms with Crippen LogP contribution in [0.15, 0.2) is 12.1 Å². The fraction of sp³-hybridized carbons (Fsp3) is 0.600. The SMILES string of the molecule is COCC1(C(=O)O)CCCN(C(=O)Cc2ccc(C)s2)C1. The number of rotatable bonds is 5. The summed E-state index contributed by atoms with van der Waals surface area (Å²) in [6, 6.07) is 3.96. The first-order chi connectivity index (χ1) is 9.97. The third-order valence-electron chi connectivity index (χ3n) is 3.93. The first-order valence-corrected chi connectivity index (χ1v) is 7.84. The van der Waals surface area contributed by atoms with E-state index in [0.29, 0.717) is 25.8 Å². The number of aryl methyl sites for hydroxylation is 1. The van der Waals surface area contributed by atoms with Crippen LogP contribution in [-0.2, 0) is 20.7 Å². The molecule has 0 bridgehead atoms. The van der Waals surface area contributed by atoms with Gasteiger partial charge in [0.2, 0.25) is 5.91 Å². The Morgan fingerprint density at radius 1 is 1.48 bits per heavy atom. The van der Waals surface area contributed by atoms with E-state index in [1.165, 1.54) is 12.0 Å². The third kappa shape index (κ3) is 3.63. The maximum atomic E-state index is 12.4. The van der Waals surface area contributed by atoms with E-state index in [-0.39, 0.29) is 19.1 Å². The highest BCUT2D eigenvalue weighted by Gasteiger charge is 2.43. The molecule has 1 unspecified atom stereocenters. The van der Waals surface area contributed by atoms with Crippen LogP contribution in [0.1, 0.15) is 22.6 Å². The molecule has 1 aromatic heterocycles. The smallest absolute Gasteiger partial charge is 0.313 e. The van der Waals surface area contributed by atoms with Gasteiger partial charge in [-0.15, -0.1) is 11.3 Å². The van der Waals surface area contributed by atoms with E-state index < -0.39 is 11.4 Å². The van der Waals surface area contributed by atoms with Crippen LogP contribution in [0.5, 0.6) is 0 Å². The molecule has 0 aromatic carbocycles. The molecule has 21 heavy (non-hydrogen) atoms. The molecule has 1 aliphatic rings. The Hall–Kier alpha value is -1.40. The Labute approximate surface area is 128 Å². The highest BCUT2D eigenvalue weighted by molar-refractivity contribution is 7.12. The summed E-state index contributed by atoms with van der Waals surface area (Å²) in [7, 11) is 1.50. The molecule has 6 heteroatoms. The Morgan fingerprint density at radius 3 is 2.81 bits per heavy atom. The van der Waals surface area contributed by atoms with Gasteiger partial charge in [0.15, 0.2) is 0 Å². The van der Waals surface area contributed by atoms with Gasteiger partial charge < -0.3 is 14.7 Å². The first kappa shape index (κ1) is 16.0. The van der Waals surface area contributed by atoms with E-state index >= 15 is 0 Å². The molecule has 116 valence electrons. The lowest BCUT2D eigenvalue weighted by atomic mass is 9.80. The number of carbonyl (C=O) groups is 2. The topological polar surface area (TPSA) is 66.8 Å². The molecule has 5 nitrogen and oxygen atoms in total. The summed E-state index contributed by atoms with van der Waals surface area (Å²) in [6.07, 6.45) is 1.60. The van der Waals surface area contributed by atoms with Crippen LogP contribution in [0.25, 0.3) is 0 Å². The Morgan fingerprint density at radius 2 is 2.24 bits per heavy atom. The lowest BCUT2D eigenvalue weighted by Crippen LogP contribution is -2.52. The van der Waals surface area contributed by atoms with Crippen molar-refractivity contribution in [2.24, 2.45) is 5.41 Å². The van der Waals surface area contributed by atoms with E-state index in [0.717, 1.165) is 4.88 Å². The van der Waals surface area contributed by atoms with Gasteiger partial charge in [0.05, 0.1) is 13.0 Å². The molecule has 2 rings (SSSR count). The highest BCUT2D eigenvalue weighted by Crippen LogP contribution is 2.31. The summed E-state index contributed by atoms with van der Waals surface area (Å²) in [5.41, 5.74) is -0.964. The quantitative estimate of drug-likeness (QED) is 0.902. The predicted molar refractivity (Wildman–Crippen MR) is 80.5 cm³/mol. The minimum absolute atomic E-state index is 0.00159. The van der Waals surface area contributed by atoms with Gasteiger partial charge in [-0.2, -0.15) is 0 Å². The molecule has 0 radical (unpaired) electrons. The van der Waals surface area contributed by atoms with Gasteiger partial charge in [0.1, 0.15) is 5.41 Å². The second kappa shape index (κ2) is 6.58. The molecule has 1 fully saturated rings. The van der Waals surface area contributed by atoms with Crippen molar-refractivity contribution in [1.29, 1.82) is 0 Å². The van der Waals surface area contributed by atoms with E-state index in [9.17, 15) is 14.7 Å². The van der Waals surface area contributed by atoms with Crippen LogP contribution < -0.4 is 0 Å². The van der Waals surface area contributed by atoms with Gasteiger partial charge in [0, 0.05) is 30.0 Å². The van der Waals surface area contributed by atoms with Crippen LogP contribution in [0.2, 0.25) is 0 Å². The van der Waals surface area contributed by atoms with E-state index in [2.05, 4.69) is 0 Å². The average molecular weight is 311 g/mol. The zero-order valence-corrected chi connectivity index (χ0v) is 13.2. The van der Waals surface area contributed by atoms with Crippen molar-refractivity contribution < 1.29 is 19.4 Å². The molecule has 1 saturated heterocycles. The minimum atomic E-state index is -0.964. The number of nitrogens with zero attached hydrogens (tertiary/aromatic N) is 1. The number of hydrogen-bond donors (Lipinski definition) is 1. The van der Waals surface area contributed by atoms with Crippen LogP contribution in [0, 0.1) is 12.3 Å². The van der Waals surface area contributed by atoms with Crippen molar-refractivity contribution in [3.05, 3.63) is 21.9 Å². The van der Waals surface area contributed by atoms with Gasteiger partial charge in [-0.1, -0.05) is 0 Å². The highest BCUT2D eigenvalue weighted by atomic mass is 32.1. The summed E-state index contributed by atoms with van der Waals surface area (Å²) < 4.78 is 5.08. The molecule has 1 aliphatic heterocycles. The number of likely N-dealkylation sites (tertiary alicyclic amines) is 1. The number of aliphatic carboxylic acids is 1. The number of ether oxygens (including phenoxy) is 1. The van der Waals surface area contributed by atoms with Gasteiger partial charge in [-0.25, -0.2) is 0 Å². The molecule has 2 heterocycles. The number of amides is 1. The van der Waals surface area contributed by atoms with Crippen LogP contribution in [-0.4, -0.2) is 48.7 Å². The second-order valence-corrected chi connectivity index (χ2v) is 7.00. The molecule has 1 amide bonds. The van der Waals surface area contributed by atoms with E-state index in [1.807, 2.05) is 19.1 Å². The van der Waals surface area contributed by atoms with Crippen molar-refractivity contribution in [2.75, 3.05) is 26.8 Å². The normalized spacial score (nSPS) is 22.3. The number of piperidine rings is 1. The number of thiophene rings is 1. The van der Waals surface area contributed by atoms with E-state index in [4.69, 9.17) is 4.74 Å². The number of carboxylic acid groups (broad SMARTS) is 1. The maximum absolute atomic E-state index is 12.4. The summed E-state index contributed by atoms with van der Waals surface area (Å²) in [5, 5.41) is 9.50. The molecule has 1 aromatic rings. The van der Waals surface area contributed by atoms with Crippen molar-refractivity contribution in [1.82, 2.24) is 4.90 Å². The molecule has 0 spiro atoms. The van der Waals surface area contributed by atoms with Crippen molar-refractivity contribution in [3.63, 3.8) is 0 Å². The Balaban J connectivity index is 2.05. The van der Waals surface area contributed by atoms with Gasteiger partial charge >= 0.3 is 5.97 Å². The summed E-state index contributed by atoms with van der Waals surface area (Å²) in [5.74, 6) is -0.882. The molecule has 0 saturated carbocycles. The second-order valence-electron chi connectivity index (χ2n) is 5.63. The maximum Gasteiger partial charge on any atom is 0.313 e. The van der Waals surface area contributed by atoms with Crippen LogP contribution in [0.4, 0.5) is 0 Å². The lowest BCUT2D eigenvalue weighted by Gasteiger charge is -2.39. The van der Waals surface area contributed by atoms with Gasteiger partial charge in [-0.05, 0) is 31.9 Å². The Bertz CT molecular complexity index is 523. The zero-order valence-electron chi connectivity index (χ0n) is 12.4. The van der Waals surface area contributed by atoms with Crippen molar-refractivity contribution in [2.45, 2.75) is 26.2 Å². The third-order valence-corrected chi connectivity index (χ3v) is 4.93. The summed E-state index contributed by atoms with van der Waals surface area (Å²) >= 11 is 1.61. The zero-order chi connectivity index (χ0) is 15.5. The van der Waals surface area contributed by atoms with Gasteiger partial charge in [0.25, 0.3) is 0 Å². The van der Waals surface area contributed by atoms with Crippen LogP contribution in [0.3, 0.4) is 0 Å². The number of hydrogen-bond acceptors (Lipinski definition) is 4. The Kier molecular flexibility index (Phi) is 5.00. The average Bonchev–Trinajstić information content (AvgIpc) is 2.84. The lowest BCUT2D eigenvalue weighted by molar-refractivity contribution is -0.159. The van der Waals surface area contributed by atoms with Gasteiger partial charge in [-0.3, -0.25) is 9.59 Å². The first-order valence-electron chi connectivity index (χ1n) is 7.02. The van der Waals surface area contributed by atoms with Crippen LogP contribution >= 0.6 is 11.3 Å². The molecular formula is C15H21NO4S. The molecule has 0 aliphatic carbocycles. The standard InChI is InChI=1S/C15H21NO4S/c1-11-4-5-12(21-11)8-13(17)16-7-3-6-15(9-16,10-20-2)14(18)19/h4-5H,3,6-10H2,1-2H3,(H,18,19). The van der Waals surface area contributed by atoms with E-state index in [1.54, 1.807) is 16.2 Å². The van der Waals surface area contributed by atoms with Crippen molar-refractivity contribution in [3.8, 4) is 0 Å². The fourth-order valence-corrected chi connectivity index (χ4v) is 3.70. The number of carbonyl (C=O) groups excluding carboxylic acids is 1. The minimum Gasteiger partial charge on any atom is -0.481 e. The fourth-order valence-electron chi connectivity index (χ4n) is 2.82. The van der Waals surface area contributed by atoms with Crippen molar-refractivity contribution >= 4 is 23.2 Å². The largest absolute Gasteiger partial charge is 0.481 e. The number of methoxy groups -OCH3 is 1. The summed E-state index contributed by atoms with van der Waals surface area (Å²) in [4.78, 5) is 27.8.